The van der Waals surface area contributed by atoms with Crippen molar-refractivity contribution in [1.82, 2.24) is 0 Å². The van der Waals surface area contributed by atoms with Crippen molar-refractivity contribution in [2.24, 2.45) is 5.41 Å². The van der Waals surface area contributed by atoms with Crippen LogP contribution in [0.5, 0.6) is 0 Å². The third-order valence-electron chi connectivity index (χ3n) is 3.89. The molecule has 1 N–H and O–H groups in total. The first-order chi connectivity index (χ1) is 6.94. The van der Waals surface area contributed by atoms with E-state index in [1.165, 1.54) is 0 Å². The number of hydrogen-bond donors (Lipinski definition) is 1. The third kappa shape index (κ3) is 1.31. The molecule has 1 fully saturated rings. The van der Waals surface area contributed by atoms with Crippen LogP contribution in [0.4, 0.5) is 4.39 Å². The van der Waals surface area contributed by atoms with E-state index >= 15 is 0 Å². The molecule has 1 aromatic rings. The van der Waals surface area contributed by atoms with Crippen molar-refractivity contribution < 1.29 is 9.50 Å². The summed E-state index contributed by atoms with van der Waals surface area (Å²) >= 11 is 0. The highest BCUT2D eigenvalue weighted by atomic mass is 19.1. The molecule has 0 amide bonds. The van der Waals surface area contributed by atoms with Gasteiger partial charge >= 0.3 is 0 Å². The molecule has 82 valence electrons. The minimum atomic E-state index is -0.358. The standard InChI is InChI=1S/C13H17FO/c1-9-5-4-6-10(11(9)14)13(8-15)7-12(13,2)3/h4-6,15H,7-8H2,1-3H3. The largest absolute Gasteiger partial charge is 0.395 e. The van der Waals surface area contributed by atoms with Crippen molar-refractivity contribution in [3.8, 4) is 0 Å². The smallest absolute Gasteiger partial charge is 0.129 e. The Kier molecular flexibility index (Phi) is 2.16. The van der Waals surface area contributed by atoms with Crippen LogP contribution in [0.1, 0.15) is 31.4 Å². The maximum atomic E-state index is 14.0. The topological polar surface area (TPSA) is 20.2 Å². The predicted octanol–water partition coefficient (Wildman–Crippen LogP) is 2.79. The van der Waals surface area contributed by atoms with Gasteiger partial charge in [-0.15, -0.1) is 0 Å². The lowest BCUT2D eigenvalue weighted by Gasteiger charge is -2.19. The van der Waals surface area contributed by atoms with Crippen LogP contribution in [-0.4, -0.2) is 11.7 Å². The maximum Gasteiger partial charge on any atom is 0.129 e. The van der Waals surface area contributed by atoms with Gasteiger partial charge in [-0.2, -0.15) is 0 Å². The summed E-state index contributed by atoms with van der Waals surface area (Å²) in [7, 11) is 0. The maximum absolute atomic E-state index is 14.0. The number of aliphatic hydroxyl groups excluding tert-OH is 1. The zero-order valence-corrected chi connectivity index (χ0v) is 9.47. The van der Waals surface area contributed by atoms with E-state index < -0.39 is 0 Å². The molecule has 1 aliphatic rings. The second-order valence-corrected chi connectivity index (χ2v) is 5.24. The van der Waals surface area contributed by atoms with E-state index in [1.54, 1.807) is 19.1 Å². The minimum absolute atomic E-state index is 0.0103. The third-order valence-corrected chi connectivity index (χ3v) is 3.89. The summed E-state index contributed by atoms with van der Waals surface area (Å²) in [6.07, 6.45) is 0.858. The highest BCUT2D eigenvalue weighted by Gasteiger charge is 2.62. The average Bonchev–Trinajstić information content (AvgIpc) is 2.74. The van der Waals surface area contributed by atoms with Crippen molar-refractivity contribution in [3.63, 3.8) is 0 Å². The van der Waals surface area contributed by atoms with Crippen LogP contribution < -0.4 is 0 Å². The zero-order valence-electron chi connectivity index (χ0n) is 9.47. The van der Waals surface area contributed by atoms with Crippen molar-refractivity contribution in [2.75, 3.05) is 6.61 Å². The van der Waals surface area contributed by atoms with Gasteiger partial charge < -0.3 is 5.11 Å². The second kappa shape index (κ2) is 3.05. The zero-order chi connectivity index (χ0) is 11.3. The minimum Gasteiger partial charge on any atom is -0.395 e. The van der Waals surface area contributed by atoms with Gasteiger partial charge in [0, 0.05) is 5.41 Å². The van der Waals surface area contributed by atoms with E-state index in [-0.39, 0.29) is 23.3 Å². The molecule has 0 aliphatic heterocycles. The Balaban J connectivity index is 2.51. The van der Waals surface area contributed by atoms with Crippen molar-refractivity contribution >= 4 is 0 Å². The van der Waals surface area contributed by atoms with E-state index in [0.29, 0.717) is 11.1 Å². The summed E-state index contributed by atoms with van der Waals surface area (Å²) in [6.45, 7) is 5.94. The van der Waals surface area contributed by atoms with E-state index in [1.807, 2.05) is 6.07 Å². The second-order valence-electron chi connectivity index (χ2n) is 5.24. The molecule has 0 saturated heterocycles. The highest BCUT2D eigenvalue weighted by Crippen LogP contribution is 2.64. The summed E-state index contributed by atoms with van der Waals surface area (Å²) in [4.78, 5) is 0. The monoisotopic (exact) mass is 208 g/mol. The van der Waals surface area contributed by atoms with E-state index in [4.69, 9.17) is 0 Å². The fourth-order valence-electron chi connectivity index (χ4n) is 2.54. The Bertz CT molecular complexity index is 398. The SMILES string of the molecule is Cc1cccc(C2(CO)CC2(C)C)c1F. The van der Waals surface area contributed by atoms with Gasteiger partial charge in [0.2, 0.25) is 0 Å². The Morgan fingerprint density at radius 1 is 1.40 bits per heavy atom. The van der Waals surface area contributed by atoms with Gasteiger partial charge in [-0.1, -0.05) is 32.0 Å². The molecular weight excluding hydrogens is 191 g/mol. The summed E-state index contributed by atoms with van der Waals surface area (Å²) in [6, 6.07) is 5.42. The number of aryl methyl sites for hydroxylation is 1. The predicted molar refractivity (Wildman–Crippen MR) is 58.3 cm³/mol. The number of benzene rings is 1. The molecule has 0 radical (unpaired) electrons. The lowest BCUT2D eigenvalue weighted by atomic mass is 9.87. The van der Waals surface area contributed by atoms with Gasteiger partial charge in [-0.05, 0) is 29.9 Å². The Morgan fingerprint density at radius 3 is 2.47 bits per heavy atom. The lowest BCUT2D eigenvalue weighted by molar-refractivity contribution is 0.228. The molecule has 2 rings (SSSR count). The van der Waals surface area contributed by atoms with Crippen LogP contribution in [0.15, 0.2) is 18.2 Å². The molecule has 1 unspecified atom stereocenters. The molecule has 1 nitrogen and oxygen atoms in total. The van der Waals surface area contributed by atoms with Gasteiger partial charge in [0.15, 0.2) is 0 Å². The lowest BCUT2D eigenvalue weighted by Crippen LogP contribution is -2.21. The van der Waals surface area contributed by atoms with Gasteiger partial charge in [-0.3, -0.25) is 0 Å². The van der Waals surface area contributed by atoms with E-state index in [2.05, 4.69) is 13.8 Å². The molecular formula is C13H17FO. The first-order valence-corrected chi connectivity index (χ1v) is 5.31. The van der Waals surface area contributed by atoms with E-state index in [9.17, 15) is 9.50 Å². The van der Waals surface area contributed by atoms with Crippen LogP contribution in [0.25, 0.3) is 0 Å². The summed E-state index contributed by atoms with van der Waals surface area (Å²) in [5, 5.41) is 9.49. The first kappa shape index (κ1) is 10.6. The molecule has 15 heavy (non-hydrogen) atoms. The fraction of sp³-hybridized carbons (Fsp3) is 0.538. The molecule has 1 atom stereocenters. The number of hydrogen-bond acceptors (Lipinski definition) is 1. The van der Waals surface area contributed by atoms with Crippen molar-refractivity contribution in [3.05, 3.63) is 35.1 Å². The van der Waals surface area contributed by atoms with Gasteiger partial charge in [0.1, 0.15) is 5.82 Å². The van der Waals surface area contributed by atoms with Crippen LogP contribution >= 0.6 is 0 Å². The average molecular weight is 208 g/mol. The molecule has 1 saturated carbocycles. The van der Waals surface area contributed by atoms with E-state index in [0.717, 1.165) is 6.42 Å². The van der Waals surface area contributed by atoms with Crippen LogP contribution in [0.2, 0.25) is 0 Å². The number of rotatable bonds is 2. The van der Waals surface area contributed by atoms with Crippen molar-refractivity contribution in [2.45, 2.75) is 32.6 Å². The van der Waals surface area contributed by atoms with Gasteiger partial charge in [-0.25, -0.2) is 4.39 Å². The highest BCUT2D eigenvalue weighted by molar-refractivity contribution is 5.40. The van der Waals surface area contributed by atoms with Gasteiger partial charge in [0.05, 0.1) is 6.61 Å². The molecule has 0 aromatic heterocycles. The molecule has 1 aliphatic carbocycles. The first-order valence-electron chi connectivity index (χ1n) is 5.31. The molecule has 1 aromatic carbocycles. The number of aliphatic hydroxyl groups is 1. The van der Waals surface area contributed by atoms with Crippen LogP contribution in [0, 0.1) is 18.2 Å². The quantitative estimate of drug-likeness (QED) is 0.792. The molecule has 0 heterocycles. The van der Waals surface area contributed by atoms with Crippen LogP contribution in [-0.2, 0) is 5.41 Å². The summed E-state index contributed by atoms with van der Waals surface area (Å²) < 4.78 is 14.0. The summed E-state index contributed by atoms with van der Waals surface area (Å²) in [5.41, 5.74) is 0.984. The molecule has 0 bridgehead atoms. The molecule has 0 spiro atoms. The number of halogens is 1. The Hall–Kier alpha value is -0.890. The molecule has 2 heteroatoms. The Morgan fingerprint density at radius 2 is 2.00 bits per heavy atom. The Labute approximate surface area is 89.9 Å². The van der Waals surface area contributed by atoms with Crippen molar-refractivity contribution in [1.29, 1.82) is 0 Å². The van der Waals surface area contributed by atoms with Gasteiger partial charge in [0.25, 0.3) is 0 Å². The fourth-order valence-corrected chi connectivity index (χ4v) is 2.54. The summed E-state index contributed by atoms with van der Waals surface area (Å²) in [5.74, 6) is -0.155. The normalized spacial score (nSPS) is 27.8. The van der Waals surface area contributed by atoms with Crippen LogP contribution in [0.3, 0.4) is 0 Å².